The Morgan fingerprint density at radius 3 is 2.70 bits per heavy atom. The summed E-state index contributed by atoms with van der Waals surface area (Å²) in [5.41, 5.74) is 7.01. The molecular formula is C14H13BrN4S. The molecule has 0 amide bonds. The van der Waals surface area contributed by atoms with Gasteiger partial charge in [-0.1, -0.05) is 28.1 Å². The van der Waals surface area contributed by atoms with E-state index in [0.29, 0.717) is 5.95 Å². The topological polar surface area (TPSA) is 55.0 Å². The molecule has 0 spiro atoms. The molecule has 0 fully saturated rings. The minimum Gasteiger partial charge on any atom is -0.368 e. The van der Waals surface area contributed by atoms with E-state index in [-0.39, 0.29) is 0 Å². The van der Waals surface area contributed by atoms with Gasteiger partial charge in [0, 0.05) is 18.1 Å². The van der Waals surface area contributed by atoms with Gasteiger partial charge >= 0.3 is 0 Å². The van der Waals surface area contributed by atoms with E-state index in [4.69, 9.17) is 5.73 Å². The summed E-state index contributed by atoms with van der Waals surface area (Å²) in [5.74, 6) is 1.19. The Hall–Kier alpha value is -1.66. The molecule has 0 aliphatic rings. The lowest BCUT2D eigenvalue weighted by atomic mass is 10.2. The van der Waals surface area contributed by atoms with Crippen molar-refractivity contribution in [1.29, 1.82) is 0 Å². The fourth-order valence-corrected chi connectivity index (χ4v) is 3.12. The van der Waals surface area contributed by atoms with E-state index in [1.54, 1.807) is 11.3 Å². The normalized spacial score (nSPS) is 10.9. The van der Waals surface area contributed by atoms with Gasteiger partial charge in [-0.2, -0.15) is 4.98 Å². The number of hydrogen-bond acceptors (Lipinski definition) is 5. The van der Waals surface area contributed by atoms with Crippen molar-refractivity contribution >= 4 is 49.2 Å². The SMILES string of the molecule is CN(Cc1ccc(Br)cc1)c1nc(N)nc2sccc12. The predicted octanol–water partition coefficient (Wildman–Crippen LogP) is 3.67. The quantitative estimate of drug-likeness (QED) is 0.784. The van der Waals surface area contributed by atoms with Crippen molar-refractivity contribution < 1.29 is 0 Å². The van der Waals surface area contributed by atoms with Crippen LogP contribution in [0.4, 0.5) is 11.8 Å². The highest BCUT2D eigenvalue weighted by Crippen LogP contribution is 2.28. The molecule has 0 aliphatic carbocycles. The van der Waals surface area contributed by atoms with Gasteiger partial charge in [-0.3, -0.25) is 0 Å². The molecule has 0 saturated carbocycles. The second-order valence-corrected chi connectivity index (χ2v) is 6.34. The van der Waals surface area contributed by atoms with Gasteiger partial charge in [-0.15, -0.1) is 11.3 Å². The molecule has 2 N–H and O–H groups in total. The molecule has 0 saturated heterocycles. The molecule has 102 valence electrons. The second-order valence-electron chi connectivity index (χ2n) is 4.53. The third kappa shape index (κ3) is 2.62. The van der Waals surface area contributed by atoms with Crippen LogP contribution >= 0.6 is 27.3 Å². The first-order valence-corrected chi connectivity index (χ1v) is 7.77. The highest BCUT2D eigenvalue weighted by Gasteiger charge is 2.11. The number of benzene rings is 1. The van der Waals surface area contributed by atoms with Gasteiger partial charge in [0.25, 0.3) is 0 Å². The Balaban J connectivity index is 1.93. The number of anilines is 2. The van der Waals surface area contributed by atoms with E-state index in [9.17, 15) is 0 Å². The Labute approximate surface area is 129 Å². The fraction of sp³-hybridized carbons (Fsp3) is 0.143. The average molecular weight is 349 g/mol. The van der Waals surface area contributed by atoms with E-state index in [0.717, 1.165) is 27.1 Å². The van der Waals surface area contributed by atoms with Crippen molar-refractivity contribution in [3.05, 3.63) is 45.7 Å². The van der Waals surface area contributed by atoms with Crippen molar-refractivity contribution in [2.24, 2.45) is 0 Å². The number of halogens is 1. The van der Waals surface area contributed by atoms with Crippen LogP contribution in [0.5, 0.6) is 0 Å². The number of thiophene rings is 1. The van der Waals surface area contributed by atoms with Gasteiger partial charge in [0.05, 0.1) is 5.39 Å². The minimum absolute atomic E-state index is 0.317. The van der Waals surface area contributed by atoms with E-state index in [2.05, 4.69) is 42.9 Å². The van der Waals surface area contributed by atoms with Gasteiger partial charge < -0.3 is 10.6 Å². The molecule has 6 heteroatoms. The highest BCUT2D eigenvalue weighted by atomic mass is 79.9. The lowest BCUT2D eigenvalue weighted by Crippen LogP contribution is -2.18. The number of nitrogens with zero attached hydrogens (tertiary/aromatic N) is 3. The standard InChI is InChI=1S/C14H13BrN4S/c1-19(8-9-2-4-10(15)5-3-9)12-11-6-7-20-13(11)18-14(16)17-12/h2-7H,8H2,1H3,(H2,16,17,18). The predicted molar refractivity (Wildman–Crippen MR) is 88.1 cm³/mol. The number of rotatable bonds is 3. The number of aromatic nitrogens is 2. The zero-order chi connectivity index (χ0) is 14.1. The zero-order valence-corrected chi connectivity index (χ0v) is 13.3. The van der Waals surface area contributed by atoms with Crippen LogP contribution in [0.1, 0.15) is 5.56 Å². The lowest BCUT2D eigenvalue weighted by molar-refractivity contribution is 0.903. The number of fused-ring (bicyclic) bond motifs is 1. The maximum atomic E-state index is 5.79. The molecule has 3 rings (SSSR count). The number of hydrogen-bond donors (Lipinski definition) is 1. The molecule has 4 nitrogen and oxygen atoms in total. The van der Waals surface area contributed by atoms with Crippen LogP contribution in [0.3, 0.4) is 0 Å². The smallest absolute Gasteiger partial charge is 0.223 e. The summed E-state index contributed by atoms with van der Waals surface area (Å²) in [5, 5.41) is 3.05. The molecule has 2 aromatic heterocycles. The third-order valence-electron chi connectivity index (χ3n) is 3.02. The summed E-state index contributed by atoms with van der Waals surface area (Å²) in [4.78, 5) is 11.6. The van der Waals surface area contributed by atoms with E-state index in [1.807, 2.05) is 30.6 Å². The van der Waals surface area contributed by atoms with Crippen LogP contribution in [0.25, 0.3) is 10.2 Å². The lowest BCUT2D eigenvalue weighted by Gasteiger charge is -2.19. The van der Waals surface area contributed by atoms with Crippen LogP contribution in [0.15, 0.2) is 40.2 Å². The van der Waals surface area contributed by atoms with E-state index in [1.165, 1.54) is 5.56 Å². The molecule has 0 bridgehead atoms. The molecule has 20 heavy (non-hydrogen) atoms. The van der Waals surface area contributed by atoms with Gasteiger partial charge in [0.2, 0.25) is 5.95 Å². The molecule has 0 radical (unpaired) electrons. The van der Waals surface area contributed by atoms with E-state index >= 15 is 0 Å². The van der Waals surface area contributed by atoms with Gasteiger partial charge in [-0.05, 0) is 29.1 Å². The van der Waals surface area contributed by atoms with Gasteiger partial charge in [-0.25, -0.2) is 4.98 Å². The highest BCUT2D eigenvalue weighted by molar-refractivity contribution is 9.10. The van der Waals surface area contributed by atoms with Crippen molar-refractivity contribution in [3.63, 3.8) is 0 Å². The molecule has 0 atom stereocenters. The van der Waals surface area contributed by atoms with Crippen LogP contribution in [0, 0.1) is 0 Å². The summed E-state index contributed by atoms with van der Waals surface area (Å²) in [7, 11) is 2.01. The Morgan fingerprint density at radius 2 is 1.95 bits per heavy atom. The second kappa shape index (κ2) is 5.38. The summed E-state index contributed by atoms with van der Waals surface area (Å²) >= 11 is 5.02. The largest absolute Gasteiger partial charge is 0.368 e. The molecule has 0 aliphatic heterocycles. The maximum Gasteiger partial charge on any atom is 0.223 e. The average Bonchev–Trinajstić information content (AvgIpc) is 2.88. The first-order chi connectivity index (χ1) is 9.63. The minimum atomic E-state index is 0.317. The van der Waals surface area contributed by atoms with Crippen molar-refractivity contribution in [2.75, 3.05) is 17.7 Å². The molecule has 2 heterocycles. The van der Waals surface area contributed by atoms with Gasteiger partial charge in [0.15, 0.2) is 0 Å². The summed E-state index contributed by atoms with van der Waals surface area (Å²) in [6.45, 7) is 0.772. The number of nitrogens with two attached hydrogens (primary N) is 1. The third-order valence-corrected chi connectivity index (χ3v) is 4.35. The van der Waals surface area contributed by atoms with Crippen molar-refractivity contribution in [1.82, 2.24) is 9.97 Å². The van der Waals surface area contributed by atoms with E-state index < -0.39 is 0 Å². The molecule has 1 aromatic carbocycles. The number of nitrogen functional groups attached to an aromatic ring is 1. The van der Waals surface area contributed by atoms with Crippen molar-refractivity contribution in [2.45, 2.75) is 6.54 Å². The molecular weight excluding hydrogens is 336 g/mol. The van der Waals surface area contributed by atoms with Crippen LogP contribution < -0.4 is 10.6 Å². The Bertz CT molecular complexity index is 739. The fourth-order valence-electron chi connectivity index (χ4n) is 2.09. The molecule has 0 unspecified atom stereocenters. The summed E-state index contributed by atoms with van der Waals surface area (Å²) in [6, 6.07) is 10.3. The first kappa shape index (κ1) is 13.3. The van der Waals surface area contributed by atoms with Crippen LogP contribution in [-0.4, -0.2) is 17.0 Å². The maximum absolute atomic E-state index is 5.79. The van der Waals surface area contributed by atoms with Crippen LogP contribution in [-0.2, 0) is 6.54 Å². The monoisotopic (exact) mass is 348 g/mol. The zero-order valence-electron chi connectivity index (χ0n) is 10.9. The summed E-state index contributed by atoms with van der Waals surface area (Å²) in [6.07, 6.45) is 0. The summed E-state index contributed by atoms with van der Waals surface area (Å²) < 4.78 is 1.08. The molecule has 3 aromatic rings. The Morgan fingerprint density at radius 1 is 1.20 bits per heavy atom. The first-order valence-electron chi connectivity index (χ1n) is 6.10. The Kier molecular flexibility index (Phi) is 3.58. The van der Waals surface area contributed by atoms with Crippen LogP contribution in [0.2, 0.25) is 0 Å². The van der Waals surface area contributed by atoms with Crippen molar-refractivity contribution in [3.8, 4) is 0 Å². The van der Waals surface area contributed by atoms with Gasteiger partial charge in [0.1, 0.15) is 10.6 Å².